The molecule has 2 aliphatic rings. The molecule has 16 heavy (non-hydrogen) atoms. The minimum atomic E-state index is -0.104. The van der Waals surface area contributed by atoms with Gasteiger partial charge in [0, 0.05) is 13.1 Å². The van der Waals surface area contributed by atoms with Crippen LogP contribution in [-0.2, 0) is 4.79 Å². The van der Waals surface area contributed by atoms with Gasteiger partial charge in [-0.15, -0.1) is 0 Å². The zero-order valence-corrected chi connectivity index (χ0v) is 10.9. The van der Waals surface area contributed by atoms with Crippen LogP contribution in [0.15, 0.2) is 4.99 Å². The van der Waals surface area contributed by atoms with Gasteiger partial charge in [-0.2, -0.15) is 0 Å². The second kappa shape index (κ2) is 4.68. The Balaban J connectivity index is 2.10. The molecule has 1 atom stereocenters. The van der Waals surface area contributed by atoms with Crippen LogP contribution in [0, 0.1) is 0 Å². The molecule has 1 fully saturated rings. The summed E-state index contributed by atoms with van der Waals surface area (Å²) in [7, 11) is 3.90. The van der Waals surface area contributed by atoms with Gasteiger partial charge in [-0.1, -0.05) is 24.0 Å². The molecule has 0 aromatic heterocycles. The number of guanidine groups is 1. The molecule has 2 heterocycles. The van der Waals surface area contributed by atoms with E-state index in [0.717, 1.165) is 6.54 Å². The van der Waals surface area contributed by atoms with Crippen molar-refractivity contribution in [2.24, 2.45) is 4.99 Å². The highest BCUT2D eigenvalue weighted by molar-refractivity contribution is 8.24. The number of nitrogens with zero attached hydrogens (tertiary/aromatic N) is 3. The maximum absolute atomic E-state index is 12.1. The Bertz CT molecular complexity index is 355. The lowest BCUT2D eigenvalue weighted by molar-refractivity contribution is -0.123. The van der Waals surface area contributed by atoms with Gasteiger partial charge >= 0.3 is 0 Å². The van der Waals surface area contributed by atoms with E-state index in [1.165, 1.54) is 16.7 Å². The summed E-state index contributed by atoms with van der Waals surface area (Å²) in [4.78, 5) is 19.9. The number of amides is 1. The Morgan fingerprint density at radius 1 is 1.69 bits per heavy atom. The van der Waals surface area contributed by atoms with Crippen molar-refractivity contribution < 1.29 is 4.79 Å². The van der Waals surface area contributed by atoms with Gasteiger partial charge in [0.25, 0.3) is 0 Å². The SMILES string of the molecule is CN(C)CC1SC(=S)N(C2=NCCN2)C1=O. The lowest BCUT2D eigenvalue weighted by Crippen LogP contribution is -2.44. The quantitative estimate of drug-likeness (QED) is 0.691. The zero-order chi connectivity index (χ0) is 11.7. The number of aliphatic imine (C=N–C) groups is 1. The number of thiocarbonyl (C=S) groups is 1. The first-order valence-corrected chi connectivity index (χ1v) is 6.36. The molecule has 0 aromatic rings. The van der Waals surface area contributed by atoms with Crippen molar-refractivity contribution in [3.05, 3.63) is 0 Å². The van der Waals surface area contributed by atoms with E-state index in [1.807, 2.05) is 19.0 Å². The van der Waals surface area contributed by atoms with E-state index in [9.17, 15) is 4.79 Å². The van der Waals surface area contributed by atoms with Crippen LogP contribution in [-0.4, -0.2) is 65.0 Å². The third-order valence-corrected chi connectivity index (χ3v) is 3.81. The second-order valence-corrected chi connectivity index (χ2v) is 5.78. The van der Waals surface area contributed by atoms with Crippen LogP contribution in [0.3, 0.4) is 0 Å². The maximum Gasteiger partial charge on any atom is 0.249 e. The standard InChI is InChI=1S/C9H14N4OS2/c1-12(2)5-6-7(14)13(9(15)16-6)8-10-3-4-11-8/h6H,3-5H2,1-2H3,(H,10,11). The van der Waals surface area contributed by atoms with Gasteiger partial charge in [0.2, 0.25) is 11.9 Å². The molecule has 0 aromatic carbocycles. The summed E-state index contributed by atoms with van der Waals surface area (Å²) in [5.74, 6) is 0.653. The highest BCUT2D eigenvalue weighted by atomic mass is 32.2. The molecule has 88 valence electrons. The minimum Gasteiger partial charge on any atom is -0.354 e. The molecule has 1 unspecified atom stereocenters. The number of carbonyl (C=O) groups excluding carboxylic acids is 1. The molecule has 0 aliphatic carbocycles. The summed E-state index contributed by atoms with van der Waals surface area (Å²) in [5, 5.41) is 2.97. The number of nitrogens with one attached hydrogen (secondary N) is 1. The molecule has 0 bridgehead atoms. The first-order valence-electron chi connectivity index (χ1n) is 5.07. The molecule has 7 heteroatoms. The van der Waals surface area contributed by atoms with Crippen LogP contribution in [0.25, 0.3) is 0 Å². The van der Waals surface area contributed by atoms with Crippen LogP contribution >= 0.6 is 24.0 Å². The molecule has 1 amide bonds. The van der Waals surface area contributed by atoms with Crippen LogP contribution < -0.4 is 5.32 Å². The van der Waals surface area contributed by atoms with Crippen molar-refractivity contribution in [2.75, 3.05) is 33.7 Å². The molecule has 1 saturated heterocycles. The predicted molar refractivity (Wildman–Crippen MR) is 69.7 cm³/mol. The lowest BCUT2D eigenvalue weighted by Gasteiger charge is -2.16. The first-order chi connectivity index (χ1) is 7.59. The average Bonchev–Trinajstić information content (AvgIpc) is 2.76. The van der Waals surface area contributed by atoms with Crippen LogP contribution in [0.4, 0.5) is 0 Å². The van der Waals surface area contributed by atoms with Crippen molar-refractivity contribution in [1.29, 1.82) is 0 Å². The van der Waals surface area contributed by atoms with Crippen molar-refractivity contribution in [1.82, 2.24) is 15.1 Å². The molecule has 0 spiro atoms. The molecular weight excluding hydrogens is 244 g/mol. The Morgan fingerprint density at radius 3 is 3.00 bits per heavy atom. The van der Waals surface area contributed by atoms with Crippen molar-refractivity contribution >= 4 is 40.2 Å². The summed E-state index contributed by atoms with van der Waals surface area (Å²) in [5.41, 5.74) is 0. The van der Waals surface area contributed by atoms with Crippen molar-refractivity contribution in [3.63, 3.8) is 0 Å². The third-order valence-electron chi connectivity index (χ3n) is 2.32. The lowest BCUT2D eigenvalue weighted by atomic mass is 10.3. The van der Waals surface area contributed by atoms with Gasteiger partial charge in [-0.3, -0.25) is 9.79 Å². The molecule has 5 nitrogen and oxygen atoms in total. The van der Waals surface area contributed by atoms with Gasteiger partial charge in [0.1, 0.15) is 5.25 Å². The summed E-state index contributed by atoms with van der Waals surface area (Å²) in [6.45, 7) is 2.20. The van der Waals surface area contributed by atoms with E-state index >= 15 is 0 Å². The predicted octanol–water partition coefficient (Wildman–Crippen LogP) is -0.264. The fourth-order valence-corrected chi connectivity index (χ4v) is 3.26. The molecule has 2 aliphatic heterocycles. The number of thioether (sulfide) groups is 1. The number of rotatable bonds is 2. The van der Waals surface area contributed by atoms with E-state index in [0.29, 0.717) is 23.4 Å². The number of hydrogen-bond donors (Lipinski definition) is 1. The van der Waals surface area contributed by atoms with E-state index in [2.05, 4.69) is 10.3 Å². The average molecular weight is 258 g/mol. The smallest absolute Gasteiger partial charge is 0.249 e. The fourth-order valence-electron chi connectivity index (χ4n) is 1.63. The molecule has 0 radical (unpaired) electrons. The van der Waals surface area contributed by atoms with Gasteiger partial charge in [0.05, 0.1) is 6.54 Å². The summed E-state index contributed by atoms with van der Waals surface area (Å²) >= 11 is 6.66. The fraction of sp³-hybridized carbons (Fsp3) is 0.667. The Morgan fingerprint density at radius 2 is 2.44 bits per heavy atom. The van der Waals surface area contributed by atoms with Gasteiger partial charge in [-0.05, 0) is 14.1 Å². The Hall–Kier alpha value is -0.660. The zero-order valence-electron chi connectivity index (χ0n) is 9.27. The van der Waals surface area contributed by atoms with Gasteiger partial charge in [-0.25, -0.2) is 4.90 Å². The monoisotopic (exact) mass is 258 g/mol. The van der Waals surface area contributed by atoms with Gasteiger partial charge in [0.15, 0.2) is 4.32 Å². The topological polar surface area (TPSA) is 47.9 Å². The van der Waals surface area contributed by atoms with Gasteiger partial charge < -0.3 is 10.2 Å². The minimum absolute atomic E-state index is 0.0388. The number of carbonyl (C=O) groups is 1. The highest BCUT2D eigenvalue weighted by Gasteiger charge is 2.40. The normalized spacial score (nSPS) is 25.3. The van der Waals surface area contributed by atoms with Crippen LogP contribution in [0.5, 0.6) is 0 Å². The van der Waals surface area contributed by atoms with Crippen molar-refractivity contribution in [3.8, 4) is 0 Å². The van der Waals surface area contributed by atoms with E-state index in [4.69, 9.17) is 12.2 Å². The molecular formula is C9H14N4OS2. The second-order valence-electron chi connectivity index (χ2n) is 3.94. The Kier molecular flexibility index (Phi) is 3.46. The summed E-state index contributed by atoms with van der Waals surface area (Å²) in [6, 6.07) is 0. The van der Waals surface area contributed by atoms with Crippen LogP contribution in [0.1, 0.15) is 0 Å². The van der Waals surface area contributed by atoms with Crippen LogP contribution in [0.2, 0.25) is 0 Å². The third kappa shape index (κ3) is 2.21. The van der Waals surface area contributed by atoms with E-state index < -0.39 is 0 Å². The Labute approximate surface area is 104 Å². The largest absolute Gasteiger partial charge is 0.354 e. The molecule has 0 saturated carbocycles. The highest BCUT2D eigenvalue weighted by Crippen LogP contribution is 2.28. The summed E-state index contributed by atoms with van der Waals surface area (Å²) in [6.07, 6.45) is 0. The maximum atomic E-state index is 12.1. The van der Waals surface area contributed by atoms with E-state index in [1.54, 1.807) is 0 Å². The van der Waals surface area contributed by atoms with E-state index in [-0.39, 0.29) is 11.2 Å². The molecule has 1 N–H and O–H groups in total. The van der Waals surface area contributed by atoms with Crippen molar-refractivity contribution in [2.45, 2.75) is 5.25 Å². The first kappa shape index (κ1) is 11.8. The molecule has 2 rings (SSSR count). The number of hydrogen-bond acceptors (Lipinski definition) is 6. The summed E-state index contributed by atoms with van der Waals surface area (Å²) < 4.78 is 0.602.